The summed E-state index contributed by atoms with van der Waals surface area (Å²) in [5.41, 5.74) is 0.257. The zero-order valence-corrected chi connectivity index (χ0v) is 13.0. The molecule has 3 atom stereocenters. The lowest BCUT2D eigenvalue weighted by Crippen LogP contribution is -2.53. The number of amides is 1. The van der Waals surface area contributed by atoms with E-state index in [0.29, 0.717) is 10.3 Å². The van der Waals surface area contributed by atoms with E-state index in [1.807, 2.05) is 0 Å². The van der Waals surface area contributed by atoms with E-state index in [2.05, 4.69) is 26.2 Å². The number of aliphatic hydroxyl groups is 2. The maximum atomic E-state index is 12.1. The van der Waals surface area contributed by atoms with Crippen molar-refractivity contribution >= 4 is 27.9 Å². The van der Waals surface area contributed by atoms with Gasteiger partial charge in [0, 0.05) is 0 Å². The molecule has 7 nitrogen and oxygen atoms in total. The van der Waals surface area contributed by atoms with E-state index in [1.165, 1.54) is 6.08 Å². The Morgan fingerprint density at radius 1 is 1.55 bits per heavy atom. The van der Waals surface area contributed by atoms with E-state index in [0.717, 1.165) is 0 Å². The molecule has 2 heterocycles. The average Bonchev–Trinajstić information content (AvgIpc) is 2.49. The van der Waals surface area contributed by atoms with Crippen LogP contribution in [0.3, 0.4) is 0 Å². The third-order valence-electron chi connectivity index (χ3n) is 3.08. The minimum Gasteiger partial charge on any atom is -0.390 e. The van der Waals surface area contributed by atoms with E-state index < -0.39 is 24.3 Å². The molecule has 0 spiro atoms. The topological polar surface area (TPSA) is 115 Å². The van der Waals surface area contributed by atoms with Crippen molar-refractivity contribution in [2.24, 2.45) is 0 Å². The van der Waals surface area contributed by atoms with Crippen molar-refractivity contribution in [3.63, 3.8) is 0 Å². The standard InChI is InChI=1S/C14H14BrN3O4/c15-11-3-1-2-9(17-11)6-8(7-16)13(21)18-14-12(20)10(19)4-5-22-14/h1-3,6,10,12,14,19-20H,4-5H2,(H,18,21)/b8-6+. The molecule has 2 rings (SSSR count). The molecule has 1 saturated heterocycles. The van der Waals surface area contributed by atoms with Crippen molar-refractivity contribution in [1.82, 2.24) is 10.3 Å². The Labute approximate surface area is 135 Å². The molecule has 0 radical (unpaired) electrons. The second kappa shape index (κ2) is 7.47. The van der Waals surface area contributed by atoms with Gasteiger partial charge in [0.2, 0.25) is 0 Å². The molecule has 8 heteroatoms. The number of hydrogen-bond acceptors (Lipinski definition) is 6. The fourth-order valence-electron chi connectivity index (χ4n) is 1.92. The van der Waals surface area contributed by atoms with Crippen LogP contribution in [-0.2, 0) is 9.53 Å². The fraction of sp³-hybridized carbons (Fsp3) is 0.357. The Balaban J connectivity index is 2.11. The van der Waals surface area contributed by atoms with Crippen LogP contribution in [0.4, 0.5) is 0 Å². The predicted octanol–water partition coefficient (Wildman–Crippen LogP) is 0.335. The van der Waals surface area contributed by atoms with E-state index >= 15 is 0 Å². The van der Waals surface area contributed by atoms with Crippen LogP contribution in [0.1, 0.15) is 12.1 Å². The van der Waals surface area contributed by atoms with Crippen LogP contribution in [0, 0.1) is 11.3 Å². The number of rotatable bonds is 3. The fourth-order valence-corrected chi connectivity index (χ4v) is 2.28. The van der Waals surface area contributed by atoms with Crippen molar-refractivity contribution in [2.45, 2.75) is 24.9 Å². The van der Waals surface area contributed by atoms with E-state index in [1.54, 1.807) is 24.3 Å². The highest BCUT2D eigenvalue weighted by molar-refractivity contribution is 9.10. The molecule has 0 saturated carbocycles. The Kier molecular flexibility index (Phi) is 5.63. The molecule has 0 bridgehead atoms. The molecular weight excluding hydrogens is 354 g/mol. The second-order valence-corrected chi connectivity index (χ2v) is 5.48. The maximum Gasteiger partial charge on any atom is 0.264 e. The number of aliphatic hydroxyl groups excluding tert-OH is 2. The summed E-state index contributed by atoms with van der Waals surface area (Å²) < 4.78 is 5.77. The van der Waals surface area contributed by atoms with Crippen LogP contribution >= 0.6 is 15.9 Å². The molecule has 1 fully saturated rings. The molecule has 1 aromatic rings. The zero-order chi connectivity index (χ0) is 16.1. The molecule has 0 aromatic carbocycles. The van der Waals surface area contributed by atoms with Crippen molar-refractivity contribution in [3.8, 4) is 6.07 Å². The van der Waals surface area contributed by atoms with Crippen molar-refractivity contribution < 1.29 is 19.7 Å². The molecule has 1 aliphatic heterocycles. The normalized spacial score (nSPS) is 25.4. The number of carbonyl (C=O) groups is 1. The van der Waals surface area contributed by atoms with Gasteiger partial charge in [-0.15, -0.1) is 0 Å². The molecule has 1 aliphatic rings. The molecule has 3 unspecified atom stereocenters. The third kappa shape index (κ3) is 4.11. The monoisotopic (exact) mass is 367 g/mol. The van der Waals surface area contributed by atoms with Crippen LogP contribution in [0.5, 0.6) is 0 Å². The Bertz CT molecular complexity index is 629. The Morgan fingerprint density at radius 2 is 2.32 bits per heavy atom. The Hall–Kier alpha value is -1.79. The number of nitriles is 1. The number of nitrogens with one attached hydrogen (secondary N) is 1. The minimum atomic E-state index is -1.23. The van der Waals surface area contributed by atoms with Crippen molar-refractivity contribution in [2.75, 3.05) is 6.61 Å². The summed E-state index contributed by atoms with van der Waals surface area (Å²) in [6.45, 7) is 0.210. The van der Waals surface area contributed by atoms with Crippen LogP contribution < -0.4 is 5.32 Å². The lowest BCUT2D eigenvalue weighted by molar-refractivity contribution is -0.154. The van der Waals surface area contributed by atoms with Gasteiger partial charge in [-0.25, -0.2) is 4.98 Å². The maximum absolute atomic E-state index is 12.1. The summed E-state index contributed by atoms with van der Waals surface area (Å²) in [7, 11) is 0. The molecular formula is C14H14BrN3O4. The van der Waals surface area contributed by atoms with E-state index in [9.17, 15) is 15.0 Å². The lowest BCUT2D eigenvalue weighted by atomic mass is 10.1. The van der Waals surface area contributed by atoms with Crippen molar-refractivity contribution in [3.05, 3.63) is 34.1 Å². The van der Waals surface area contributed by atoms with E-state index in [-0.39, 0.29) is 18.6 Å². The first-order chi connectivity index (χ1) is 10.5. The minimum absolute atomic E-state index is 0.179. The van der Waals surface area contributed by atoms with Gasteiger partial charge >= 0.3 is 0 Å². The van der Waals surface area contributed by atoms with Gasteiger partial charge in [0.1, 0.15) is 22.3 Å². The molecule has 3 N–H and O–H groups in total. The van der Waals surface area contributed by atoms with Gasteiger partial charge < -0.3 is 20.3 Å². The van der Waals surface area contributed by atoms with Crippen LogP contribution in [0.15, 0.2) is 28.4 Å². The number of hydrogen-bond donors (Lipinski definition) is 3. The van der Waals surface area contributed by atoms with Gasteiger partial charge in [0.25, 0.3) is 5.91 Å². The highest BCUT2D eigenvalue weighted by atomic mass is 79.9. The van der Waals surface area contributed by atoms with Gasteiger partial charge in [0.15, 0.2) is 6.23 Å². The first kappa shape index (κ1) is 16.6. The molecule has 1 amide bonds. The third-order valence-corrected chi connectivity index (χ3v) is 3.52. The second-order valence-electron chi connectivity index (χ2n) is 4.67. The summed E-state index contributed by atoms with van der Waals surface area (Å²) in [4.78, 5) is 16.2. The highest BCUT2D eigenvalue weighted by Crippen LogP contribution is 2.14. The zero-order valence-electron chi connectivity index (χ0n) is 11.4. The quantitative estimate of drug-likeness (QED) is 0.403. The smallest absolute Gasteiger partial charge is 0.264 e. The van der Waals surface area contributed by atoms with Crippen LogP contribution in [-0.4, -0.2) is 46.1 Å². The first-order valence-electron chi connectivity index (χ1n) is 6.54. The van der Waals surface area contributed by atoms with Crippen LogP contribution in [0.25, 0.3) is 6.08 Å². The summed E-state index contributed by atoms with van der Waals surface area (Å²) >= 11 is 3.20. The van der Waals surface area contributed by atoms with E-state index in [4.69, 9.17) is 10.00 Å². The molecule has 0 aliphatic carbocycles. The number of ether oxygens (including phenoxy) is 1. The number of nitrogens with zero attached hydrogens (tertiary/aromatic N) is 2. The highest BCUT2D eigenvalue weighted by Gasteiger charge is 2.33. The number of aromatic nitrogens is 1. The summed E-state index contributed by atoms with van der Waals surface area (Å²) in [5.74, 6) is -0.706. The first-order valence-corrected chi connectivity index (χ1v) is 7.33. The Morgan fingerprint density at radius 3 is 3.00 bits per heavy atom. The van der Waals surface area contributed by atoms with Gasteiger partial charge in [-0.2, -0.15) is 5.26 Å². The largest absolute Gasteiger partial charge is 0.390 e. The summed E-state index contributed by atoms with van der Waals surface area (Å²) in [5, 5.41) is 30.8. The summed E-state index contributed by atoms with van der Waals surface area (Å²) in [6, 6.07) is 6.87. The van der Waals surface area contributed by atoms with Crippen LogP contribution in [0.2, 0.25) is 0 Å². The number of pyridine rings is 1. The molecule has 1 aromatic heterocycles. The van der Waals surface area contributed by atoms with Gasteiger partial charge in [-0.3, -0.25) is 4.79 Å². The number of halogens is 1. The predicted molar refractivity (Wildman–Crippen MR) is 80.0 cm³/mol. The molecule has 116 valence electrons. The van der Waals surface area contributed by atoms with Gasteiger partial charge in [0.05, 0.1) is 18.4 Å². The lowest BCUT2D eigenvalue weighted by Gasteiger charge is -2.32. The SMILES string of the molecule is N#C/C(=C\c1cccc(Br)n1)C(=O)NC1OCCC(O)C1O. The van der Waals surface area contributed by atoms with Gasteiger partial charge in [-0.1, -0.05) is 6.07 Å². The number of carbonyl (C=O) groups excluding carboxylic acids is 1. The summed E-state index contributed by atoms with van der Waals surface area (Å²) in [6.07, 6.45) is -1.65. The average molecular weight is 368 g/mol. The van der Waals surface area contributed by atoms with Crippen molar-refractivity contribution in [1.29, 1.82) is 5.26 Å². The molecule has 22 heavy (non-hydrogen) atoms. The van der Waals surface area contributed by atoms with Gasteiger partial charge in [-0.05, 0) is 40.6 Å².